The molecule has 160 valence electrons. The first-order chi connectivity index (χ1) is 14.4. The SMILES string of the molecule is CCn1c(=NC(=O)C2CCCN(S(=O)(=O)c3cccs3)C2)sc2cc(OC)ccc21. The number of thiophene rings is 1. The number of amides is 1. The molecule has 1 saturated heterocycles. The highest BCUT2D eigenvalue weighted by molar-refractivity contribution is 7.91. The first-order valence-electron chi connectivity index (χ1n) is 9.73. The normalized spacial score (nSPS) is 18.7. The number of fused-ring (bicyclic) bond motifs is 1. The highest BCUT2D eigenvalue weighted by atomic mass is 32.2. The summed E-state index contributed by atoms with van der Waals surface area (Å²) in [5.41, 5.74) is 1.00. The van der Waals surface area contributed by atoms with Crippen molar-refractivity contribution in [3.8, 4) is 5.75 Å². The summed E-state index contributed by atoms with van der Waals surface area (Å²) in [5, 5.41) is 1.74. The Hall–Kier alpha value is -2.01. The zero-order valence-electron chi connectivity index (χ0n) is 16.8. The van der Waals surface area contributed by atoms with E-state index < -0.39 is 15.9 Å². The number of hydrogen-bond acceptors (Lipinski definition) is 6. The van der Waals surface area contributed by atoms with Crippen LogP contribution >= 0.6 is 22.7 Å². The fraction of sp³-hybridized carbons (Fsp3) is 0.400. The summed E-state index contributed by atoms with van der Waals surface area (Å²) in [7, 11) is -1.94. The summed E-state index contributed by atoms with van der Waals surface area (Å²) in [5.74, 6) is 0.0620. The van der Waals surface area contributed by atoms with E-state index in [2.05, 4.69) is 4.99 Å². The first kappa shape index (κ1) is 21.2. The third kappa shape index (κ3) is 3.96. The molecule has 3 heterocycles. The molecule has 7 nitrogen and oxygen atoms in total. The standard InChI is InChI=1S/C20H23N3O4S3/c1-3-23-16-9-8-15(27-2)12-17(16)29-20(23)21-19(24)14-6-4-10-22(13-14)30(25,26)18-7-5-11-28-18/h5,7-9,11-12,14H,3-4,6,10,13H2,1-2H3. The molecule has 0 bridgehead atoms. The van der Waals surface area contributed by atoms with Gasteiger partial charge in [-0.1, -0.05) is 17.4 Å². The zero-order valence-corrected chi connectivity index (χ0v) is 19.2. The van der Waals surface area contributed by atoms with Gasteiger partial charge in [-0.25, -0.2) is 8.42 Å². The number of ether oxygens (including phenoxy) is 1. The van der Waals surface area contributed by atoms with Gasteiger partial charge < -0.3 is 9.30 Å². The number of benzene rings is 1. The predicted octanol–water partition coefficient (Wildman–Crippen LogP) is 3.32. The Bertz CT molecular complexity index is 1230. The van der Waals surface area contributed by atoms with Gasteiger partial charge in [-0.3, -0.25) is 4.79 Å². The molecule has 30 heavy (non-hydrogen) atoms. The topological polar surface area (TPSA) is 81.0 Å². The largest absolute Gasteiger partial charge is 0.497 e. The molecule has 0 aliphatic carbocycles. The highest BCUT2D eigenvalue weighted by Gasteiger charge is 2.33. The Morgan fingerprint density at radius 1 is 1.33 bits per heavy atom. The summed E-state index contributed by atoms with van der Waals surface area (Å²) in [6, 6.07) is 9.12. The number of aromatic nitrogens is 1. The Morgan fingerprint density at radius 2 is 2.17 bits per heavy atom. The van der Waals surface area contributed by atoms with E-state index in [4.69, 9.17) is 4.74 Å². The van der Waals surface area contributed by atoms with Gasteiger partial charge in [0.1, 0.15) is 9.96 Å². The molecule has 1 unspecified atom stereocenters. The predicted molar refractivity (Wildman–Crippen MR) is 118 cm³/mol. The van der Waals surface area contributed by atoms with Gasteiger partial charge in [0.25, 0.3) is 15.9 Å². The molecule has 2 aromatic heterocycles. The molecule has 4 rings (SSSR count). The zero-order chi connectivity index (χ0) is 21.3. The number of nitrogens with zero attached hydrogens (tertiary/aromatic N) is 3. The molecule has 1 amide bonds. The first-order valence-corrected chi connectivity index (χ1v) is 12.9. The molecule has 1 aliphatic rings. The van der Waals surface area contributed by atoms with Crippen LogP contribution in [0.25, 0.3) is 10.2 Å². The van der Waals surface area contributed by atoms with Crippen molar-refractivity contribution in [3.63, 3.8) is 0 Å². The molecular formula is C20H23N3O4S3. The molecule has 3 aromatic rings. The number of carbonyl (C=O) groups is 1. The lowest BCUT2D eigenvalue weighted by Crippen LogP contribution is -2.42. The fourth-order valence-electron chi connectivity index (χ4n) is 3.66. The second kappa shape index (κ2) is 8.62. The van der Waals surface area contributed by atoms with Gasteiger partial charge in [0.15, 0.2) is 4.80 Å². The maximum absolute atomic E-state index is 13.0. The van der Waals surface area contributed by atoms with Crippen LogP contribution in [0.2, 0.25) is 0 Å². The van der Waals surface area contributed by atoms with Crippen molar-refractivity contribution in [1.82, 2.24) is 8.87 Å². The van der Waals surface area contributed by atoms with Gasteiger partial charge in [-0.05, 0) is 49.4 Å². The van der Waals surface area contributed by atoms with Crippen molar-refractivity contribution in [2.24, 2.45) is 10.9 Å². The van der Waals surface area contributed by atoms with Gasteiger partial charge in [-0.2, -0.15) is 9.30 Å². The average Bonchev–Trinajstić information content (AvgIpc) is 3.41. The van der Waals surface area contributed by atoms with Gasteiger partial charge in [0.05, 0.1) is 23.2 Å². The number of thiazole rings is 1. The summed E-state index contributed by atoms with van der Waals surface area (Å²) < 4.78 is 35.7. The number of aryl methyl sites for hydroxylation is 1. The van der Waals surface area contributed by atoms with E-state index in [0.717, 1.165) is 16.0 Å². The minimum Gasteiger partial charge on any atom is -0.497 e. The van der Waals surface area contributed by atoms with Crippen LogP contribution in [-0.4, -0.2) is 43.4 Å². The van der Waals surface area contributed by atoms with Gasteiger partial charge in [0, 0.05) is 19.6 Å². The molecule has 10 heteroatoms. The number of methoxy groups -OCH3 is 1. The number of carbonyl (C=O) groups excluding carboxylic acids is 1. The Labute approximate surface area is 183 Å². The highest BCUT2D eigenvalue weighted by Crippen LogP contribution is 2.27. The van der Waals surface area contributed by atoms with E-state index in [1.165, 1.54) is 27.0 Å². The minimum absolute atomic E-state index is 0.174. The van der Waals surface area contributed by atoms with Crippen molar-refractivity contribution in [2.75, 3.05) is 20.2 Å². The number of sulfonamides is 1. The van der Waals surface area contributed by atoms with E-state index in [1.807, 2.05) is 29.7 Å². The van der Waals surface area contributed by atoms with Crippen LogP contribution in [0.3, 0.4) is 0 Å². The van der Waals surface area contributed by atoms with Gasteiger partial charge >= 0.3 is 0 Å². The van der Waals surface area contributed by atoms with E-state index >= 15 is 0 Å². The van der Waals surface area contributed by atoms with E-state index in [9.17, 15) is 13.2 Å². The van der Waals surface area contributed by atoms with Gasteiger partial charge in [-0.15, -0.1) is 11.3 Å². The van der Waals surface area contributed by atoms with Crippen LogP contribution in [-0.2, 0) is 21.4 Å². The van der Waals surface area contributed by atoms with E-state index in [-0.39, 0.29) is 12.5 Å². The molecule has 0 radical (unpaired) electrons. The van der Waals surface area contributed by atoms with Crippen LogP contribution in [0.4, 0.5) is 0 Å². The Morgan fingerprint density at radius 3 is 2.87 bits per heavy atom. The molecule has 1 aliphatic heterocycles. The van der Waals surface area contributed by atoms with Crippen LogP contribution in [0.5, 0.6) is 5.75 Å². The van der Waals surface area contributed by atoms with Gasteiger partial charge in [0.2, 0.25) is 0 Å². The smallest absolute Gasteiger partial charge is 0.252 e. The van der Waals surface area contributed by atoms with Crippen LogP contribution in [0.1, 0.15) is 19.8 Å². The second-order valence-electron chi connectivity index (χ2n) is 7.05. The molecule has 0 saturated carbocycles. The molecule has 1 atom stereocenters. The fourth-order valence-corrected chi connectivity index (χ4v) is 7.45. The van der Waals surface area contributed by atoms with Crippen molar-refractivity contribution in [1.29, 1.82) is 0 Å². The maximum atomic E-state index is 13.0. The summed E-state index contributed by atoms with van der Waals surface area (Å²) in [6.45, 7) is 3.30. The lowest BCUT2D eigenvalue weighted by molar-refractivity contribution is -0.122. The number of piperidine rings is 1. The third-order valence-electron chi connectivity index (χ3n) is 5.23. The lowest BCUT2D eigenvalue weighted by Gasteiger charge is -2.29. The lowest BCUT2D eigenvalue weighted by atomic mass is 9.99. The molecule has 0 spiro atoms. The molecule has 1 aromatic carbocycles. The van der Waals surface area contributed by atoms with E-state index in [0.29, 0.717) is 34.9 Å². The molecule has 1 fully saturated rings. The van der Waals surface area contributed by atoms with Crippen LogP contribution < -0.4 is 9.54 Å². The Kier molecular flexibility index (Phi) is 6.10. The monoisotopic (exact) mass is 465 g/mol. The summed E-state index contributed by atoms with van der Waals surface area (Å²) in [4.78, 5) is 18.0. The summed E-state index contributed by atoms with van der Waals surface area (Å²) in [6.07, 6.45) is 1.29. The van der Waals surface area contributed by atoms with Crippen molar-refractivity contribution >= 4 is 48.8 Å². The van der Waals surface area contributed by atoms with Crippen molar-refractivity contribution < 1.29 is 17.9 Å². The number of rotatable bonds is 5. The second-order valence-corrected chi connectivity index (χ2v) is 11.2. The maximum Gasteiger partial charge on any atom is 0.252 e. The average molecular weight is 466 g/mol. The minimum atomic E-state index is -3.56. The van der Waals surface area contributed by atoms with Crippen molar-refractivity contribution in [3.05, 3.63) is 40.5 Å². The van der Waals surface area contributed by atoms with Crippen molar-refractivity contribution in [2.45, 2.75) is 30.5 Å². The quantitative estimate of drug-likeness (QED) is 0.579. The van der Waals surface area contributed by atoms with Crippen LogP contribution in [0.15, 0.2) is 44.9 Å². The summed E-state index contributed by atoms with van der Waals surface area (Å²) >= 11 is 2.64. The number of hydrogen-bond donors (Lipinski definition) is 0. The third-order valence-corrected chi connectivity index (χ3v) is 9.51. The molecular weight excluding hydrogens is 442 g/mol. The Balaban J connectivity index is 1.62. The molecule has 0 N–H and O–H groups in total. The van der Waals surface area contributed by atoms with Crippen LogP contribution in [0, 0.1) is 5.92 Å². The van der Waals surface area contributed by atoms with E-state index in [1.54, 1.807) is 24.6 Å².